The molecule has 44 heavy (non-hydrogen) atoms. The van der Waals surface area contributed by atoms with Gasteiger partial charge in [0.2, 0.25) is 11.8 Å². The highest BCUT2D eigenvalue weighted by Crippen LogP contribution is 2.18. The van der Waals surface area contributed by atoms with Gasteiger partial charge in [0.1, 0.15) is 37.7 Å². The third-order valence-corrected chi connectivity index (χ3v) is 5.77. The number of ether oxygens (including phenoxy) is 3. The van der Waals surface area contributed by atoms with Crippen LogP contribution >= 0.6 is 0 Å². The number of nitrogens with one attached hydrogen (secondary N) is 3. The van der Waals surface area contributed by atoms with E-state index in [1.165, 1.54) is 24.3 Å². The first-order chi connectivity index (χ1) is 20.9. The lowest BCUT2D eigenvalue weighted by Crippen LogP contribution is -2.55. The number of esters is 1. The SMILES string of the molecule is CCOC(=O)CN(CC(NC(=O)OC(C)(C)C)C(=O)NC)C(=O)Cn1cnc2c(NC(=O)OCc3ccccc3)ncnc21. The number of hydrogen-bond acceptors (Lipinski definition) is 11. The molecule has 0 spiro atoms. The number of anilines is 1. The average Bonchev–Trinajstić information content (AvgIpc) is 3.38. The van der Waals surface area contributed by atoms with E-state index in [1.54, 1.807) is 27.7 Å². The number of benzene rings is 1. The van der Waals surface area contributed by atoms with Crippen LogP contribution in [0.15, 0.2) is 43.0 Å². The topological polar surface area (TPSA) is 196 Å². The first-order valence-electron chi connectivity index (χ1n) is 13.7. The van der Waals surface area contributed by atoms with Crippen LogP contribution in [0.1, 0.15) is 33.3 Å². The highest BCUT2D eigenvalue weighted by molar-refractivity contribution is 5.94. The number of hydrogen-bond donors (Lipinski definition) is 3. The zero-order chi connectivity index (χ0) is 32.3. The van der Waals surface area contributed by atoms with Gasteiger partial charge in [-0.15, -0.1) is 0 Å². The molecule has 0 fully saturated rings. The molecule has 0 aliphatic carbocycles. The maximum absolute atomic E-state index is 13.5. The predicted molar refractivity (Wildman–Crippen MR) is 156 cm³/mol. The van der Waals surface area contributed by atoms with Gasteiger partial charge in [-0.25, -0.2) is 24.5 Å². The van der Waals surface area contributed by atoms with Gasteiger partial charge in [-0.2, -0.15) is 0 Å². The van der Waals surface area contributed by atoms with E-state index in [1.807, 2.05) is 30.3 Å². The summed E-state index contributed by atoms with van der Waals surface area (Å²) in [4.78, 5) is 76.8. The van der Waals surface area contributed by atoms with E-state index in [0.29, 0.717) is 0 Å². The van der Waals surface area contributed by atoms with Gasteiger partial charge in [0, 0.05) is 7.05 Å². The van der Waals surface area contributed by atoms with E-state index >= 15 is 0 Å². The molecule has 1 atom stereocenters. The molecular formula is C28H36N8O8. The maximum atomic E-state index is 13.5. The number of fused-ring (bicyclic) bond motifs is 1. The summed E-state index contributed by atoms with van der Waals surface area (Å²) in [6, 6.07) is 7.85. The summed E-state index contributed by atoms with van der Waals surface area (Å²) < 4.78 is 16.9. The summed E-state index contributed by atoms with van der Waals surface area (Å²) in [6.45, 7) is 5.46. The number of imidazole rings is 1. The second kappa shape index (κ2) is 15.3. The smallest absolute Gasteiger partial charge is 0.413 e. The Balaban J connectivity index is 1.77. The van der Waals surface area contributed by atoms with Gasteiger partial charge in [-0.3, -0.25) is 19.7 Å². The lowest BCUT2D eigenvalue weighted by molar-refractivity contribution is -0.149. The average molecular weight is 613 g/mol. The Hall–Kier alpha value is -5.28. The minimum absolute atomic E-state index is 0.0416. The van der Waals surface area contributed by atoms with Crippen LogP contribution in [0, 0.1) is 0 Å². The third kappa shape index (κ3) is 9.92. The summed E-state index contributed by atoms with van der Waals surface area (Å²) in [5, 5.41) is 7.39. The standard InChI is InChI=1S/C28H36N8O8/c1-6-42-21(38)14-35(12-19(25(39)29-5)33-27(41)44-28(2,3)4)20(37)13-36-17-32-22-23(30-16-31-24(22)36)34-26(40)43-15-18-10-8-7-9-11-18/h7-11,16-17,19H,6,12-15H2,1-5H3,(H,29,39)(H,33,41)(H,30,31,34,40). The molecule has 0 radical (unpaired) electrons. The normalized spacial score (nSPS) is 11.7. The number of likely N-dealkylation sites (N-methyl/N-ethyl adjacent to an activating group) is 1. The number of carbonyl (C=O) groups is 5. The van der Waals surface area contributed by atoms with Crippen molar-refractivity contribution in [2.24, 2.45) is 0 Å². The van der Waals surface area contributed by atoms with Crippen LogP contribution in [0.5, 0.6) is 0 Å². The Bertz CT molecular complexity index is 1470. The van der Waals surface area contributed by atoms with Gasteiger partial charge in [0.25, 0.3) is 0 Å². The molecule has 16 nitrogen and oxygen atoms in total. The van der Waals surface area contributed by atoms with Crippen molar-refractivity contribution >= 4 is 47.0 Å². The third-order valence-electron chi connectivity index (χ3n) is 5.77. The van der Waals surface area contributed by atoms with Crippen LogP contribution in [0.4, 0.5) is 15.4 Å². The molecule has 0 bridgehead atoms. The summed E-state index contributed by atoms with van der Waals surface area (Å²) in [7, 11) is 1.37. The molecule has 4 amide bonds. The number of nitrogens with zero attached hydrogens (tertiary/aromatic N) is 5. The van der Waals surface area contributed by atoms with Crippen molar-refractivity contribution in [3.63, 3.8) is 0 Å². The van der Waals surface area contributed by atoms with Crippen molar-refractivity contribution in [3.8, 4) is 0 Å². The van der Waals surface area contributed by atoms with Crippen LogP contribution in [-0.2, 0) is 41.7 Å². The Morgan fingerprint density at radius 2 is 1.73 bits per heavy atom. The fourth-order valence-corrected chi connectivity index (χ4v) is 3.84. The number of carbonyl (C=O) groups excluding carboxylic acids is 5. The molecule has 16 heteroatoms. The van der Waals surface area contributed by atoms with Crippen molar-refractivity contribution < 1.29 is 38.2 Å². The summed E-state index contributed by atoms with van der Waals surface area (Å²) >= 11 is 0. The monoisotopic (exact) mass is 612 g/mol. The lowest BCUT2D eigenvalue weighted by atomic mass is 10.2. The van der Waals surface area contributed by atoms with E-state index < -0.39 is 48.2 Å². The van der Waals surface area contributed by atoms with Crippen LogP contribution in [0.2, 0.25) is 0 Å². The second-order valence-electron chi connectivity index (χ2n) is 10.3. The quantitative estimate of drug-likeness (QED) is 0.198. The molecule has 236 valence electrons. The van der Waals surface area contributed by atoms with E-state index in [4.69, 9.17) is 14.2 Å². The Labute approximate surface area is 253 Å². The highest BCUT2D eigenvalue weighted by atomic mass is 16.6. The molecular weight excluding hydrogens is 576 g/mol. The van der Waals surface area contributed by atoms with E-state index in [0.717, 1.165) is 10.5 Å². The molecule has 2 aromatic heterocycles. The van der Waals surface area contributed by atoms with Gasteiger partial charge in [-0.1, -0.05) is 30.3 Å². The van der Waals surface area contributed by atoms with Crippen molar-refractivity contribution in [1.29, 1.82) is 0 Å². The van der Waals surface area contributed by atoms with Crippen LogP contribution in [0.3, 0.4) is 0 Å². The Morgan fingerprint density at radius 1 is 1.00 bits per heavy atom. The molecule has 0 saturated carbocycles. The van der Waals surface area contributed by atoms with Gasteiger partial charge < -0.3 is 34.3 Å². The molecule has 3 N–H and O–H groups in total. The minimum Gasteiger partial charge on any atom is -0.465 e. The van der Waals surface area contributed by atoms with E-state index in [2.05, 4.69) is 30.9 Å². The zero-order valence-electron chi connectivity index (χ0n) is 25.2. The number of aromatic nitrogens is 4. The number of rotatable bonds is 12. The second-order valence-corrected chi connectivity index (χ2v) is 10.3. The maximum Gasteiger partial charge on any atom is 0.413 e. The number of alkyl carbamates (subject to hydrolysis) is 1. The highest BCUT2D eigenvalue weighted by Gasteiger charge is 2.29. The Morgan fingerprint density at radius 3 is 2.39 bits per heavy atom. The summed E-state index contributed by atoms with van der Waals surface area (Å²) in [5.41, 5.74) is 0.348. The predicted octanol–water partition coefficient (Wildman–Crippen LogP) is 1.61. The Kier molecular flexibility index (Phi) is 11.5. The largest absolute Gasteiger partial charge is 0.465 e. The summed E-state index contributed by atoms with van der Waals surface area (Å²) in [6.07, 6.45) is 0.850. The summed E-state index contributed by atoms with van der Waals surface area (Å²) in [5.74, 6) is -1.89. The minimum atomic E-state index is -1.26. The zero-order valence-corrected chi connectivity index (χ0v) is 25.2. The van der Waals surface area contributed by atoms with Crippen LogP contribution < -0.4 is 16.0 Å². The van der Waals surface area contributed by atoms with Crippen molar-refractivity contribution in [1.82, 2.24) is 35.1 Å². The molecule has 1 unspecified atom stereocenters. The molecule has 2 heterocycles. The molecule has 3 rings (SSSR count). The van der Waals surface area contributed by atoms with Gasteiger partial charge in [0.05, 0.1) is 19.5 Å². The molecule has 1 aromatic carbocycles. The fourth-order valence-electron chi connectivity index (χ4n) is 3.84. The van der Waals surface area contributed by atoms with Gasteiger partial charge in [0.15, 0.2) is 17.0 Å². The van der Waals surface area contributed by atoms with E-state index in [-0.39, 0.29) is 43.3 Å². The first-order valence-corrected chi connectivity index (χ1v) is 13.7. The van der Waals surface area contributed by atoms with Crippen LogP contribution in [-0.4, -0.2) is 92.8 Å². The molecule has 3 aromatic rings. The van der Waals surface area contributed by atoms with Gasteiger partial charge in [-0.05, 0) is 33.3 Å². The fraction of sp³-hybridized carbons (Fsp3) is 0.429. The molecule has 0 saturated heterocycles. The first kappa shape index (κ1) is 33.2. The molecule has 0 aliphatic rings. The van der Waals surface area contributed by atoms with Crippen molar-refractivity contribution in [3.05, 3.63) is 48.5 Å². The van der Waals surface area contributed by atoms with Crippen molar-refractivity contribution in [2.45, 2.75) is 52.5 Å². The number of amides is 4. The van der Waals surface area contributed by atoms with E-state index in [9.17, 15) is 24.0 Å². The van der Waals surface area contributed by atoms with Crippen LogP contribution in [0.25, 0.3) is 11.2 Å². The van der Waals surface area contributed by atoms with Crippen molar-refractivity contribution in [2.75, 3.05) is 32.1 Å². The molecule has 0 aliphatic heterocycles. The lowest BCUT2D eigenvalue weighted by Gasteiger charge is -2.28. The van der Waals surface area contributed by atoms with Gasteiger partial charge >= 0.3 is 18.2 Å².